The van der Waals surface area contributed by atoms with Gasteiger partial charge in [-0.1, -0.05) is 0 Å². The van der Waals surface area contributed by atoms with E-state index in [4.69, 9.17) is 34.1 Å². The monoisotopic (exact) mass is 648 g/mol. The van der Waals surface area contributed by atoms with Crippen LogP contribution in [0.5, 0.6) is 0 Å². The van der Waals surface area contributed by atoms with Gasteiger partial charge in [0.2, 0.25) is 0 Å². The van der Waals surface area contributed by atoms with E-state index in [2.05, 4.69) is 21.6 Å². The van der Waals surface area contributed by atoms with Crippen molar-refractivity contribution in [1.29, 1.82) is 0 Å². The van der Waals surface area contributed by atoms with Crippen LogP contribution in [0.3, 0.4) is 0 Å². The van der Waals surface area contributed by atoms with E-state index in [1.807, 2.05) is 12.4 Å². The number of fused-ring (bicyclic) bond motifs is 1. The molecule has 3 aromatic heterocycles. The number of hydrogen-bond donors (Lipinski definition) is 0. The number of imide groups is 1. The Kier molecular flexibility index (Phi) is 8.10. The van der Waals surface area contributed by atoms with E-state index in [-0.39, 0.29) is 18.5 Å². The lowest BCUT2D eigenvalue weighted by Gasteiger charge is -2.38. The third-order valence-corrected chi connectivity index (χ3v) is 9.61. The zero-order valence-corrected chi connectivity index (χ0v) is 28.5. The Bertz CT molecular complexity index is 1600. The third-order valence-electron chi connectivity index (χ3n) is 9.61. The van der Waals surface area contributed by atoms with Crippen LogP contribution in [0.4, 0.5) is 9.59 Å². The molecule has 0 radical (unpaired) electrons. The van der Waals surface area contributed by atoms with Crippen molar-refractivity contribution in [3.8, 4) is 11.3 Å². The summed E-state index contributed by atoms with van der Waals surface area (Å²) in [6, 6.07) is 2.64. The first kappa shape index (κ1) is 32.1. The molecule has 4 heterocycles. The van der Waals surface area contributed by atoms with Crippen LogP contribution in [0.25, 0.3) is 22.2 Å². The predicted molar refractivity (Wildman–Crippen MR) is 174 cm³/mol. The molecule has 0 unspecified atom stereocenters. The van der Waals surface area contributed by atoms with Crippen molar-refractivity contribution in [2.45, 2.75) is 128 Å². The Morgan fingerprint density at radius 1 is 0.936 bits per heavy atom. The van der Waals surface area contributed by atoms with Gasteiger partial charge in [-0.25, -0.2) is 14.5 Å². The average molecular weight is 649 g/mol. The molecule has 4 aliphatic rings. The fraction of sp³-hybridized carbons (Fsp3) is 0.686. The number of ether oxygens (including phenoxy) is 4. The van der Waals surface area contributed by atoms with Crippen molar-refractivity contribution >= 4 is 23.1 Å². The summed E-state index contributed by atoms with van der Waals surface area (Å²) in [7, 11) is 0. The first-order valence-electron chi connectivity index (χ1n) is 17.2. The third kappa shape index (κ3) is 6.90. The second kappa shape index (κ2) is 11.9. The standard InChI is InChI=1S/C35H48N6O6/c1-33(2,3)46-31(42)39(32(43)47-34(4,5)6)20-22-15-26(16-22)40-21-27(30(38-40)23-7-8-23)28-17-29-24(18-36-28)19-37-41(29)25-9-11-35(12-10-25)44-13-14-45-35/h17-19,21-23,25-26H,7-16,20H2,1-6H3/t22-,26-. The van der Waals surface area contributed by atoms with Gasteiger partial charge in [0, 0.05) is 48.6 Å². The maximum atomic E-state index is 13.0. The molecule has 3 aliphatic carbocycles. The summed E-state index contributed by atoms with van der Waals surface area (Å²) >= 11 is 0. The molecule has 0 N–H and O–H groups in total. The molecule has 254 valence electrons. The second-order valence-electron chi connectivity index (χ2n) is 15.8. The molecule has 0 atom stereocenters. The molecule has 12 nitrogen and oxygen atoms in total. The maximum Gasteiger partial charge on any atom is 0.419 e. The van der Waals surface area contributed by atoms with Crippen LogP contribution in [0.1, 0.15) is 117 Å². The van der Waals surface area contributed by atoms with E-state index in [9.17, 15) is 9.59 Å². The van der Waals surface area contributed by atoms with Gasteiger partial charge in [-0.3, -0.25) is 14.3 Å². The molecular weight excluding hydrogens is 600 g/mol. The summed E-state index contributed by atoms with van der Waals surface area (Å²) in [4.78, 5) is 32.0. The molecule has 47 heavy (non-hydrogen) atoms. The van der Waals surface area contributed by atoms with Gasteiger partial charge in [0.15, 0.2) is 5.79 Å². The van der Waals surface area contributed by atoms with E-state index in [0.717, 1.165) is 84.1 Å². The van der Waals surface area contributed by atoms with Gasteiger partial charge < -0.3 is 18.9 Å². The lowest BCUT2D eigenvalue weighted by atomic mass is 9.80. The first-order valence-corrected chi connectivity index (χ1v) is 17.2. The number of nitrogens with zero attached hydrogens (tertiary/aromatic N) is 6. The second-order valence-corrected chi connectivity index (χ2v) is 15.8. The molecule has 1 aliphatic heterocycles. The summed E-state index contributed by atoms with van der Waals surface area (Å²) in [5.41, 5.74) is 2.73. The van der Waals surface area contributed by atoms with Crippen LogP contribution in [-0.4, -0.2) is 78.4 Å². The highest BCUT2D eigenvalue weighted by Gasteiger charge is 2.42. The fourth-order valence-electron chi connectivity index (χ4n) is 7.08. The zero-order valence-electron chi connectivity index (χ0n) is 28.5. The Balaban J connectivity index is 1.06. The van der Waals surface area contributed by atoms with E-state index < -0.39 is 29.2 Å². The number of carbonyl (C=O) groups is 2. The minimum absolute atomic E-state index is 0.121. The molecule has 3 aromatic rings. The van der Waals surface area contributed by atoms with Crippen molar-refractivity contribution in [3.63, 3.8) is 0 Å². The van der Waals surface area contributed by atoms with E-state index in [0.29, 0.717) is 25.2 Å². The van der Waals surface area contributed by atoms with Crippen LogP contribution in [0, 0.1) is 5.92 Å². The molecular formula is C35H48N6O6. The molecule has 12 heteroatoms. The van der Waals surface area contributed by atoms with Crippen LogP contribution in [0.2, 0.25) is 0 Å². The van der Waals surface area contributed by atoms with Crippen LogP contribution in [0.15, 0.2) is 24.7 Å². The minimum atomic E-state index is -0.725. The van der Waals surface area contributed by atoms with Gasteiger partial charge in [-0.2, -0.15) is 10.2 Å². The Morgan fingerprint density at radius 2 is 1.57 bits per heavy atom. The van der Waals surface area contributed by atoms with E-state index >= 15 is 0 Å². The SMILES string of the molecule is CC(C)(C)OC(=O)N(C[C@H]1C[C@H](n2cc(-c3cc4c(cn3)cnn4C3CCC4(CC3)OCCO4)c(C3CC3)n2)C1)C(=O)OC(C)(C)C. The molecule has 4 fully saturated rings. The smallest absolute Gasteiger partial charge is 0.419 e. The summed E-state index contributed by atoms with van der Waals surface area (Å²) in [5.74, 6) is 0.167. The lowest BCUT2D eigenvalue weighted by Crippen LogP contribution is -2.47. The maximum absolute atomic E-state index is 13.0. The molecule has 7 rings (SSSR count). The quantitative estimate of drug-likeness (QED) is 0.274. The molecule has 3 saturated carbocycles. The number of pyridine rings is 1. The predicted octanol–water partition coefficient (Wildman–Crippen LogP) is 7.15. The van der Waals surface area contributed by atoms with Crippen molar-refractivity contribution in [1.82, 2.24) is 29.4 Å². The highest BCUT2D eigenvalue weighted by molar-refractivity contribution is 5.88. The number of hydrogen-bond acceptors (Lipinski definition) is 9. The highest BCUT2D eigenvalue weighted by Crippen LogP contribution is 2.46. The van der Waals surface area contributed by atoms with E-state index in [1.165, 1.54) is 0 Å². The average Bonchev–Trinajstić information content (AvgIpc) is 3.35. The summed E-state index contributed by atoms with van der Waals surface area (Å²) in [6.07, 6.45) is 12.2. The topological polar surface area (TPSA) is 123 Å². The van der Waals surface area contributed by atoms with Gasteiger partial charge in [-0.05, 0) is 92.1 Å². The Hall–Kier alpha value is -3.51. The molecule has 1 spiro atoms. The normalized spacial score (nSPS) is 23.2. The van der Waals surface area contributed by atoms with Gasteiger partial charge in [0.05, 0.1) is 48.4 Å². The number of aromatic nitrogens is 5. The van der Waals surface area contributed by atoms with Crippen molar-refractivity contribution in [2.24, 2.45) is 5.92 Å². The summed E-state index contributed by atoms with van der Waals surface area (Å²) in [6.45, 7) is 12.3. The molecule has 2 amide bonds. The van der Waals surface area contributed by atoms with Gasteiger partial charge in [0.25, 0.3) is 0 Å². The largest absolute Gasteiger partial charge is 0.443 e. The first-order chi connectivity index (χ1) is 22.3. The Labute approximate surface area is 276 Å². The summed E-state index contributed by atoms with van der Waals surface area (Å²) in [5, 5.41) is 10.9. The van der Waals surface area contributed by atoms with Crippen LogP contribution >= 0.6 is 0 Å². The minimum Gasteiger partial charge on any atom is -0.443 e. The van der Waals surface area contributed by atoms with Gasteiger partial charge >= 0.3 is 12.2 Å². The molecule has 0 aromatic carbocycles. The van der Waals surface area contributed by atoms with Crippen LogP contribution in [-0.2, 0) is 18.9 Å². The van der Waals surface area contributed by atoms with Gasteiger partial charge in [-0.15, -0.1) is 0 Å². The van der Waals surface area contributed by atoms with Crippen molar-refractivity contribution in [2.75, 3.05) is 19.8 Å². The number of amides is 2. The number of carbonyl (C=O) groups excluding carboxylic acids is 2. The van der Waals surface area contributed by atoms with Crippen LogP contribution < -0.4 is 0 Å². The number of rotatable bonds is 6. The molecule has 1 saturated heterocycles. The lowest BCUT2D eigenvalue weighted by molar-refractivity contribution is -0.181. The molecule has 0 bridgehead atoms. The van der Waals surface area contributed by atoms with Gasteiger partial charge in [0.1, 0.15) is 11.2 Å². The zero-order chi connectivity index (χ0) is 33.1. The Morgan fingerprint density at radius 3 is 2.17 bits per heavy atom. The summed E-state index contributed by atoms with van der Waals surface area (Å²) < 4.78 is 27.3. The highest BCUT2D eigenvalue weighted by atomic mass is 16.7. The van der Waals surface area contributed by atoms with E-state index in [1.54, 1.807) is 41.5 Å². The van der Waals surface area contributed by atoms with Crippen molar-refractivity contribution < 1.29 is 28.5 Å². The van der Waals surface area contributed by atoms with Crippen molar-refractivity contribution in [3.05, 3.63) is 30.4 Å². The fourth-order valence-corrected chi connectivity index (χ4v) is 7.08.